The van der Waals surface area contributed by atoms with Crippen molar-refractivity contribution < 1.29 is 0 Å². The van der Waals surface area contributed by atoms with Gasteiger partial charge in [0.05, 0.1) is 5.69 Å². The van der Waals surface area contributed by atoms with Crippen LogP contribution in [0.15, 0.2) is 60.0 Å². The van der Waals surface area contributed by atoms with Crippen molar-refractivity contribution in [1.82, 2.24) is 4.57 Å². The Morgan fingerprint density at radius 2 is 1.63 bits per heavy atom. The number of aryl methyl sites for hydroxylation is 1. The summed E-state index contributed by atoms with van der Waals surface area (Å²) in [5.74, 6) is 0. The van der Waals surface area contributed by atoms with E-state index in [0.717, 1.165) is 15.3 Å². The maximum absolute atomic E-state index is 5.46. The molecule has 0 aliphatic carbocycles. The van der Waals surface area contributed by atoms with Gasteiger partial charge in [0.25, 0.3) is 0 Å². The van der Waals surface area contributed by atoms with Gasteiger partial charge in [-0.25, -0.2) is 0 Å². The van der Waals surface area contributed by atoms with Gasteiger partial charge in [-0.1, -0.05) is 48.0 Å². The Morgan fingerprint density at radius 3 is 2.32 bits per heavy atom. The van der Waals surface area contributed by atoms with Crippen molar-refractivity contribution in [3.05, 3.63) is 69.5 Å². The standard InChI is InChI=1S/C16H13NS2/c1-12-7-9-13(10-8-12)15-11-19-16(18)17(15)14-5-3-2-4-6-14/h2-11H,1H3. The lowest BCUT2D eigenvalue weighted by Crippen LogP contribution is -1.95. The van der Waals surface area contributed by atoms with Gasteiger partial charge in [-0.3, -0.25) is 4.57 Å². The lowest BCUT2D eigenvalue weighted by atomic mass is 10.1. The number of nitrogens with zero attached hydrogens (tertiary/aromatic N) is 1. The minimum Gasteiger partial charge on any atom is -0.292 e. The van der Waals surface area contributed by atoms with Crippen LogP contribution in [0.1, 0.15) is 5.56 Å². The molecule has 1 heterocycles. The first kappa shape index (κ1) is 12.3. The molecular formula is C16H13NS2. The van der Waals surface area contributed by atoms with Crippen molar-refractivity contribution in [2.45, 2.75) is 6.92 Å². The molecule has 2 aromatic carbocycles. The fourth-order valence-corrected chi connectivity index (χ4v) is 3.16. The number of rotatable bonds is 2. The second-order valence-corrected chi connectivity index (χ2v) is 5.93. The highest BCUT2D eigenvalue weighted by atomic mass is 32.1. The van der Waals surface area contributed by atoms with Gasteiger partial charge >= 0.3 is 0 Å². The summed E-state index contributed by atoms with van der Waals surface area (Å²) in [4.78, 5) is 0. The molecule has 19 heavy (non-hydrogen) atoms. The first-order valence-corrected chi connectivity index (χ1v) is 7.37. The summed E-state index contributed by atoms with van der Waals surface area (Å²) in [6.45, 7) is 2.10. The molecule has 3 aromatic rings. The molecule has 0 saturated heterocycles. The van der Waals surface area contributed by atoms with Gasteiger partial charge in [0.15, 0.2) is 3.95 Å². The second kappa shape index (κ2) is 5.11. The van der Waals surface area contributed by atoms with E-state index in [1.807, 2.05) is 18.2 Å². The molecule has 0 amide bonds. The quantitative estimate of drug-likeness (QED) is 0.582. The zero-order chi connectivity index (χ0) is 13.2. The smallest absolute Gasteiger partial charge is 0.166 e. The van der Waals surface area contributed by atoms with E-state index in [2.05, 4.69) is 53.3 Å². The third-order valence-corrected chi connectivity index (χ3v) is 4.25. The van der Waals surface area contributed by atoms with Gasteiger partial charge in [-0.2, -0.15) is 0 Å². The summed E-state index contributed by atoms with van der Waals surface area (Å²) in [5.41, 5.74) is 4.73. The molecule has 3 heteroatoms. The van der Waals surface area contributed by atoms with Gasteiger partial charge in [-0.15, -0.1) is 11.3 Å². The van der Waals surface area contributed by atoms with E-state index in [0.29, 0.717) is 0 Å². The Bertz CT molecular complexity index is 736. The van der Waals surface area contributed by atoms with Crippen LogP contribution in [0.3, 0.4) is 0 Å². The summed E-state index contributed by atoms with van der Waals surface area (Å²) in [6.07, 6.45) is 0. The Morgan fingerprint density at radius 1 is 0.947 bits per heavy atom. The Kier molecular flexibility index (Phi) is 3.32. The van der Waals surface area contributed by atoms with Crippen LogP contribution in [0, 0.1) is 10.9 Å². The van der Waals surface area contributed by atoms with Crippen LogP contribution in [-0.2, 0) is 0 Å². The average molecular weight is 283 g/mol. The van der Waals surface area contributed by atoms with Crippen molar-refractivity contribution in [3.8, 4) is 16.9 Å². The van der Waals surface area contributed by atoms with Gasteiger partial charge in [-0.05, 0) is 36.8 Å². The van der Waals surface area contributed by atoms with Gasteiger partial charge < -0.3 is 0 Å². The van der Waals surface area contributed by atoms with Crippen molar-refractivity contribution in [3.63, 3.8) is 0 Å². The molecule has 94 valence electrons. The molecule has 0 aliphatic heterocycles. The molecule has 3 rings (SSSR count). The Balaban J connectivity index is 2.19. The minimum absolute atomic E-state index is 0.877. The monoisotopic (exact) mass is 283 g/mol. The van der Waals surface area contributed by atoms with Crippen LogP contribution in [0.5, 0.6) is 0 Å². The lowest BCUT2D eigenvalue weighted by Gasteiger charge is -2.09. The number of aromatic nitrogens is 1. The van der Waals surface area contributed by atoms with Crippen molar-refractivity contribution in [2.75, 3.05) is 0 Å². The average Bonchev–Trinajstić information content (AvgIpc) is 2.82. The van der Waals surface area contributed by atoms with Crippen molar-refractivity contribution in [2.24, 2.45) is 0 Å². The fraction of sp³-hybridized carbons (Fsp3) is 0.0625. The summed E-state index contributed by atoms with van der Waals surface area (Å²) in [6, 6.07) is 18.8. The molecule has 0 bridgehead atoms. The van der Waals surface area contributed by atoms with E-state index in [9.17, 15) is 0 Å². The normalized spacial score (nSPS) is 10.6. The van der Waals surface area contributed by atoms with Gasteiger partial charge in [0, 0.05) is 11.1 Å². The van der Waals surface area contributed by atoms with E-state index >= 15 is 0 Å². The SMILES string of the molecule is Cc1ccc(-c2csc(=S)n2-c2ccccc2)cc1. The first-order chi connectivity index (χ1) is 9.25. The van der Waals surface area contributed by atoms with Crippen LogP contribution >= 0.6 is 23.6 Å². The molecule has 0 aliphatic rings. The maximum Gasteiger partial charge on any atom is 0.166 e. The Hall–Kier alpha value is -1.71. The highest BCUT2D eigenvalue weighted by molar-refractivity contribution is 7.73. The fourth-order valence-electron chi connectivity index (χ4n) is 2.05. The number of para-hydroxylation sites is 1. The molecule has 0 N–H and O–H groups in total. The van der Waals surface area contributed by atoms with Gasteiger partial charge in [0.2, 0.25) is 0 Å². The molecule has 0 spiro atoms. The third-order valence-electron chi connectivity index (χ3n) is 3.06. The molecule has 0 atom stereocenters. The number of thiazole rings is 1. The highest BCUT2D eigenvalue weighted by Gasteiger charge is 2.08. The van der Waals surface area contributed by atoms with E-state index in [1.54, 1.807) is 11.3 Å². The van der Waals surface area contributed by atoms with Crippen LogP contribution < -0.4 is 0 Å². The molecule has 0 saturated carbocycles. The topological polar surface area (TPSA) is 4.93 Å². The van der Waals surface area contributed by atoms with Crippen LogP contribution in [0.2, 0.25) is 0 Å². The second-order valence-electron chi connectivity index (χ2n) is 4.42. The molecule has 0 fully saturated rings. The van der Waals surface area contributed by atoms with Crippen molar-refractivity contribution >= 4 is 23.6 Å². The van der Waals surface area contributed by atoms with E-state index in [1.165, 1.54) is 11.1 Å². The maximum atomic E-state index is 5.46. The van der Waals surface area contributed by atoms with Crippen molar-refractivity contribution in [1.29, 1.82) is 0 Å². The number of hydrogen-bond donors (Lipinski definition) is 0. The molecule has 1 aromatic heterocycles. The first-order valence-electron chi connectivity index (χ1n) is 6.09. The summed E-state index contributed by atoms with van der Waals surface area (Å²) < 4.78 is 3.01. The largest absolute Gasteiger partial charge is 0.292 e. The van der Waals surface area contributed by atoms with Crippen LogP contribution in [0.25, 0.3) is 16.9 Å². The van der Waals surface area contributed by atoms with E-state index in [4.69, 9.17) is 12.2 Å². The molecule has 0 unspecified atom stereocenters. The summed E-state index contributed by atoms with van der Waals surface area (Å²) in [5, 5.41) is 2.12. The highest BCUT2D eigenvalue weighted by Crippen LogP contribution is 2.27. The Labute approximate surface area is 121 Å². The predicted molar refractivity (Wildman–Crippen MR) is 84.7 cm³/mol. The molecule has 0 radical (unpaired) electrons. The van der Waals surface area contributed by atoms with Crippen LogP contribution in [0.4, 0.5) is 0 Å². The molecular weight excluding hydrogens is 270 g/mol. The third kappa shape index (κ3) is 2.39. The lowest BCUT2D eigenvalue weighted by molar-refractivity contribution is 1.08. The predicted octanol–water partition coefficient (Wildman–Crippen LogP) is 5.24. The summed E-state index contributed by atoms with van der Waals surface area (Å²) in [7, 11) is 0. The number of benzene rings is 2. The number of hydrogen-bond acceptors (Lipinski definition) is 2. The zero-order valence-corrected chi connectivity index (χ0v) is 12.2. The van der Waals surface area contributed by atoms with E-state index < -0.39 is 0 Å². The van der Waals surface area contributed by atoms with Gasteiger partial charge in [0.1, 0.15) is 0 Å². The van der Waals surface area contributed by atoms with E-state index in [-0.39, 0.29) is 0 Å². The van der Waals surface area contributed by atoms with Crippen LogP contribution in [-0.4, -0.2) is 4.57 Å². The minimum atomic E-state index is 0.877. The zero-order valence-electron chi connectivity index (χ0n) is 10.5. The summed E-state index contributed by atoms with van der Waals surface area (Å²) >= 11 is 7.06. The molecule has 1 nitrogen and oxygen atoms in total.